The number of anilines is 1. The lowest BCUT2D eigenvalue weighted by Gasteiger charge is -2.20. The van der Waals surface area contributed by atoms with Crippen molar-refractivity contribution in [3.63, 3.8) is 0 Å². The molecule has 1 saturated heterocycles. The van der Waals surface area contributed by atoms with E-state index in [0.29, 0.717) is 43.6 Å². The SMILES string of the molecule is CC(=O)N1CCCN(C(=O)C(=O)Nc2nc(C3CC3)ns2)CC1. The van der Waals surface area contributed by atoms with Crippen molar-refractivity contribution in [3.8, 4) is 0 Å². The highest BCUT2D eigenvalue weighted by molar-refractivity contribution is 7.10. The lowest BCUT2D eigenvalue weighted by molar-refractivity contribution is -0.143. The molecule has 0 unspecified atom stereocenters. The number of nitrogens with one attached hydrogen (secondary N) is 1. The summed E-state index contributed by atoms with van der Waals surface area (Å²) in [5.41, 5.74) is 0. The van der Waals surface area contributed by atoms with E-state index >= 15 is 0 Å². The zero-order chi connectivity index (χ0) is 16.4. The van der Waals surface area contributed by atoms with E-state index in [1.807, 2.05) is 0 Å². The number of hydrogen-bond acceptors (Lipinski definition) is 6. The Bertz CT molecular complexity index is 628. The second-order valence-electron chi connectivity index (χ2n) is 5.84. The molecule has 0 spiro atoms. The van der Waals surface area contributed by atoms with Crippen LogP contribution < -0.4 is 5.32 Å². The van der Waals surface area contributed by atoms with Crippen molar-refractivity contribution in [2.24, 2.45) is 0 Å². The molecule has 3 rings (SSSR count). The fourth-order valence-electron chi connectivity index (χ4n) is 2.52. The average Bonchev–Trinajstić information content (AvgIpc) is 3.31. The molecule has 0 radical (unpaired) electrons. The number of hydrogen-bond donors (Lipinski definition) is 1. The minimum atomic E-state index is -0.695. The van der Waals surface area contributed by atoms with Gasteiger partial charge in [-0.05, 0) is 19.3 Å². The third kappa shape index (κ3) is 3.84. The van der Waals surface area contributed by atoms with Crippen molar-refractivity contribution >= 4 is 34.4 Å². The summed E-state index contributed by atoms with van der Waals surface area (Å²) in [6.07, 6.45) is 2.84. The summed E-state index contributed by atoms with van der Waals surface area (Å²) in [4.78, 5) is 43.2. The Kier molecular flexibility index (Phi) is 4.56. The Morgan fingerprint density at radius 1 is 1.13 bits per heavy atom. The van der Waals surface area contributed by atoms with Gasteiger partial charge in [-0.25, -0.2) is 4.98 Å². The minimum Gasteiger partial charge on any atom is -0.341 e. The van der Waals surface area contributed by atoms with Gasteiger partial charge in [-0.2, -0.15) is 4.37 Å². The van der Waals surface area contributed by atoms with E-state index in [9.17, 15) is 14.4 Å². The maximum atomic E-state index is 12.3. The molecular weight excluding hydrogens is 318 g/mol. The van der Waals surface area contributed by atoms with Crippen LogP contribution in [0.15, 0.2) is 0 Å². The average molecular weight is 337 g/mol. The third-order valence-corrected chi connectivity index (χ3v) is 4.67. The highest BCUT2D eigenvalue weighted by Gasteiger charge is 2.29. The van der Waals surface area contributed by atoms with E-state index in [0.717, 1.165) is 30.2 Å². The van der Waals surface area contributed by atoms with Crippen molar-refractivity contribution in [3.05, 3.63) is 5.82 Å². The van der Waals surface area contributed by atoms with Crippen LogP contribution in [0.2, 0.25) is 0 Å². The molecule has 124 valence electrons. The first-order valence-electron chi connectivity index (χ1n) is 7.74. The number of aromatic nitrogens is 2. The Hall–Kier alpha value is -2.03. The number of rotatable bonds is 2. The highest BCUT2D eigenvalue weighted by Crippen LogP contribution is 2.39. The summed E-state index contributed by atoms with van der Waals surface area (Å²) in [5, 5.41) is 2.90. The molecule has 1 N–H and O–H groups in total. The summed E-state index contributed by atoms with van der Waals surface area (Å²) in [6.45, 7) is 3.42. The zero-order valence-electron chi connectivity index (χ0n) is 12.9. The first-order chi connectivity index (χ1) is 11.0. The third-order valence-electron chi connectivity index (χ3n) is 4.03. The van der Waals surface area contributed by atoms with Crippen LogP contribution in [0.5, 0.6) is 0 Å². The predicted molar refractivity (Wildman–Crippen MR) is 84.0 cm³/mol. The number of carbonyl (C=O) groups excluding carboxylic acids is 3. The molecule has 0 atom stereocenters. The summed E-state index contributed by atoms with van der Waals surface area (Å²) in [6, 6.07) is 0. The van der Waals surface area contributed by atoms with Gasteiger partial charge in [0.1, 0.15) is 5.82 Å². The van der Waals surface area contributed by atoms with Crippen molar-refractivity contribution in [1.29, 1.82) is 0 Å². The first kappa shape index (κ1) is 15.9. The van der Waals surface area contributed by atoms with Crippen molar-refractivity contribution in [2.45, 2.75) is 32.1 Å². The van der Waals surface area contributed by atoms with Gasteiger partial charge in [0.2, 0.25) is 11.0 Å². The molecule has 2 aliphatic rings. The van der Waals surface area contributed by atoms with Gasteiger partial charge >= 0.3 is 11.8 Å². The summed E-state index contributed by atoms with van der Waals surface area (Å²) in [7, 11) is 0. The van der Waals surface area contributed by atoms with E-state index in [-0.39, 0.29) is 5.91 Å². The topological polar surface area (TPSA) is 95.5 Å². The lowest BCUT2D eigenvalue weighted by atomic mass is 10.3. The Morgan fingerprint density at radius 2 is 1.83 bits per heavy atom. The molecular formula is C14H19N5O3S. The molecule has 0 bridgehead atoms. The summed E-state index contributed by atoms with van der Waals surface area (Å²) >= 11 is 1.10. The standard InChI is InChI=1S/C14H19N5O3S/c1-9(20)18-5-2-6-19(8-7-18)13(22)12(21)16-14-15-11(17-23-14)10-3-4-10/h10H,2-8H2,1H3,(H,15,16,17,21). The second-order valence-corrected chi connectivity index (χ2v) is 6.59. The molecule has 3 amide bonds. The molecule has 8 nitrogen and oxygen atoms in total. The van der Waals surface area contributed by atoms with Crippen LogP contribution in [-0.2, 0) is 14.4 Å². The number of nitrogens with zero attached hydrogens (tertiary/aromatic N) is 4. The molecule has 0 aromatic carbocycles. The smallest absolute Gasteiger partial charge is 0.315 e. The first-order valence-corrected chi connectivity index (χ1v) is 8.51. The molecule has 9 heteroatoms. The summed E-state index contributed by atoms with van der Waals surface area (Å²) < 4.78 is 4.19. The van der Waals surface area contributed by atoms with Gasteiger partial charge in [-0.3, -0.25) is 19.7 Å². The van der Waals surface area contributed by atoms with Crippen LogP contribution in [0.4, 0.5) is 5.13 Å². The summed E-state index contributed by atoms with van der Waals surface area (Å²) in [5.74, 6) is -0.121. The fraction of sp³-hybridized carbons (Fsp3) is 0.643. The van der Waals surface area contributed by atoms with E-state index in [2.05, 4.69) is 14.7 Å². The molecule has 1 aromatic rings. The van der Waals surface area contributed by atoms with Gasteiger partial charge in [0.25, 0.3) is 0 Å². The monoisotopic (exact) mass is 337 g/mol. The van der Waals surface area contributed by atoms with Crippen LogP contribution in [0.1, 0.15) is 37.9 Å². The Balaban J connectivity index is 1.55. The maximum Gasteiger partial charge on any atom is 0.315 e. The molecule has 1 saturated carbocycles. The Labute approximate surface area is 138 Å². The quantitative estimate of drug-likeness (QED) is 0.790. The minimum absolute atomic E-state index is 0.00906. The van der Waals surface area contributed by atoms with Crippen LogP contribution in [0.3, 0.4) is 0 Å². The molecule has 1 aromatic heterocycles. The van der Waals surface area contributed by atoms with Gasteiger partial charge in [-0.15, -0.1) is 0 Å². The van der Waals surface area contributed by atoms with E-state index in [4.69, 9.17) is 0 Å². The van der Waals surface area contributed by atoms with Crippen molar-refractivity contribution in [2.75, 3.05) is 31.5 Å². The van der Waals surface area contributed by atoms with Gasteiger partial charge in [0.15, 0.2) is 0 Å². The van der Waals surface area contributed by atoms with E-state index in [1.165, 1.54) is 11.8 Å². The lowest BCUT2D eigenvalue weighted by Crippen LogP contribution is -2.42. The zero-order valence-corrected chi connectivity index (χ0v) is 13.8. The Morgan fingerprint density at radius 3 is 2.52 bits per heavy atom. The molecule has 2 fully saturated rings. The molecule has 2 heterocycles. The molecule has 23 heavy (non-hydrogen) atoms. The van der Waals surface area contributed by atoms with Gasteiger partial charge in [-0.1, -0.05) is 0 Å². The van der Waals surface area contributed by atoms with Crippen molar-refractivity contribution < 1.29 is 14.4 Å². The molecule has 1 aliphatic carbocycles. The van der Waals surface area contributed by atoms with Crippen molar-refractivity contribution in [1.82, 2.24) is 19.2 Å². The van der Waals surface area contributed by atoms with Crippen LogP contribution in [0.25, 0.3) is 0 Å². The highest BCUT2D eigenvalue weighted by atomic mass is 32.1. The number of carbonyl (C=O) groups is 3. The van der Waals surface area contributed by atoms with Gasteiger partial charge < -0.3 is 9.80 Å². The largest absolute Gasteiger partial charge is 0.341 e. The second kappa shape index (κ2) is 6.61. The van der Waals surface area contributed by atoms with Crippen LogP contribution in [0, 0.1) is 0 Å². The van der Waals surface area contributed by atoms with E-state index < -0.39 is 11.8 Å². The van der Waals surface area contributed by atoms with E-state index in [1.54, 1.807) is 4.90 Å². The fourth-order valence-corrected chi connectivity index (χ4v) is 3.17. The van der Waals surface area contributed by atoms with Crippen LogP contribution in [-0.4, -0.2) is 63.1 Å². The van der Waals surface area contributed by atoms with Crippen LogP contribution >= 0.6 is 11.5 Å². The van der Waals surface area contributed by atoms with Gasteiger partial charge in [0.05, 0.1) is 0 Å². The predicted octanol–water partition coefficient (Wildman–Crippen LogP) is 0.435. The van der Waals surface area contributed by atoms with Gasteiger partial charge in [0, 0.05) is 50.6 Å². The normalized spacial score (nSPS) is 18.5. The number of amides is 3. The molecule has 1 aliphatic heterocycles. The maximum absolute atomic E-state index is 12.3.